The lowest BCUT2D eigenvalue weighted by atomic mass is 10.1. The van der Waals surface area contributed by atoms with Crippen LogP contribution in [0.3, 0.4) is 0 Å². The summed E-state index contributed by atoms with van der Waals surface area (Å²) in [6.07, 6.45) is -0.495. The van der Waals surface area contributed by atoms with Crippen molar-refractivity contribution in [1.82, 2.24) is 5.32 Å². The third-order valence-electron chi connectivity index (χ3n) is 1.68. The first-order chi connectivity index (χ1) is 7.26. The quantitative estimate of drug-likeness (QED) is 0.346. The van der Waals surface area contributed by atoms with Crippen molar-refractivity contribution in [3.8, 4) is 0 Å². The number of nitrogens with one attached hydrogen (secondary N) is 1. The molecule has 16 heavy (non-hydrogen) atoms. The molecule has 8 nitrogen and oxygen atoms in total. The highest BCUT2D eigenvalue weighted by molar-refractivity contribution is 7.52. The Labute approximate surface area is 92.0 Å². The minimum absolute atomic E-state index is 0.124. The number of carbonyl (C=O) groups is 2. The molecule has 0 heterocycles. The van der Waals surface area contributed by atoms with E-state index in [1.807, 2.05) is 5.32 Å². The molecule has 0 rings (SSSR count). The van der Waals surface area contributed by atoms with Crippen LogP contribution in [0.2, 0.25) is 0 Å². The third-order valence-corrected chi connectivity index (χ3v) is 2.38. The van der Waals surface area contributed by atoms with E-state index in [1.54, 1.807) is 0 Å². The summed E-state index contributed by atoms with van der Waals surface area (Å²) in [4.78, 5) is 38.7. The van der Waals surface area contributed by atoms with Gasteiger partial charge in [0.1, 0.15) is 12.2 Å². The third kappa shape index (κ3) is 7.36. The van der Waals surface area contributed by atoms with E-state index in [0.29, 0.717) is 6.42 Å². The Morgan fingerprint density at radius 3 is 2.31 bits per heavy atom. The maximum atomic E-state index is 11.0. The molecule has 0 spiro atoms. The molecule has 9 heteroatoms. The molecule has 0 aromatic heterocycles. The van der Waals surface area contributed by atoms with Crippen molar-refractivity contribution in [1.29, 1.82) is 0 Å². The molecule has 0 radical (unpaired) electrons. The number of rotatable bonds is 7. The lowest BCUT2D eigenvalue weighted by Crippen LogP contribution is -2.42. The van der Waals surface area contributed by atoms with E-state index in [0.717, 1.165) is 0 Å². The average molecular weight is 254 g/mol. The molecule has 0 aliphatic rings. The predicted octanol–water partition coefficient (Wildman–Crippen LogP) is -1.53. The molecule has 1 amide bonds. The van der Waals surface area contributed by atoms with E-state index in [9.17, 15) is 14.2 Å². The summed E-state index contributed by atoms with van der Waals surface area (Å²) in [5.41, 5.74) is 5.18. The summed E-state index contributed by atoms with van der Waals surface area (Å²) in [5.74, 6) is -2.25. The predicted molar refractivity (Wildman–Crippen MR) is 54.8 cm³/mol. The normalized spacial score (nSPS) is 13.2. The fourth-order valence-electron chi connectivity index (χ4n) is 1.01. The first-order valence-electron chi connectivity index (χ1n) is 4.53. The van der Waals surface area contributed by atoms with Gasteiger partial charge in [-0.25, -0.2) is 4.79 Å². The molecule has 0 unspecified atom stereocenters. The van der Waals surface area contributed by atoms with Gasteiger partial charge < -0.3 is 25.9 Å². The Balaban J connectivity index is 4.24. The zero-order chi connectivity index (χ0) is 12.8. The summed E-state index contributed by atoms with van der Waals surface area (Å²) >= 11 is 0. The maximum absolute atomic E-state index is 11.0. The average Bonchev–Trinajstić information content (AvgIpc) is 2.08. The smallest absolute Gasteiger partial charge is 0.334 e. The van der Waals surface area contributed by atoms with Gasteiger partial charge >= 0.3 is 13.6 Å². The van der Waals surface area contributed by atoms with Crippen LogP contribution in [0, 0.1) is 0 Å². The van der Waals surface area contributed by atoms with Gasteiger partial charge in [0.05, 0.1) is 0 Å². The summed E-state index contributed by atoms with van der Waals surface area (Å²) < 4.78 is 10.5. The largest absolute Gasteiger partial charge is 0.480 e. The molecular formula is C7H15N2O6P. The molecule has 0 aliphatic heterocycles. The van der Waals surface area contributed by atoms with Crippen LogP contribution in [-0.2, 0) is 14.2 Å². The molecule has 0 aromatic rings. The number of amides is 1. The Kier molecular flexibility index (Phi) is 6.20. The highest BCUT2D eigenvalue weighted by Gasteiger charge is 2.24. The Hall–Kier alpha value is -0.950. The molecule has 0 saturated carbocycles. The minimum Gasteiger partial charge on any atom is -0.480 e. The van der Waals surface area contributed by atoms with Gasteiger partial charge in [-0.05, 0) is 19.4 Å². The molecule has 0 fully saturated rings. The molecule has 6 N–H and O–H groups in total. The second-order valence-electron chi connectivity index (χ2n) is 3.21. The van der Waals surface area contributed by atoms with Crippen LogP contribution < -0.4 is 11.1 Å². The number of carboxylic acids is 1. The van der Waals surface area contributed by atoms with Gasteiger partial charge in [0.25, 0.3) is 0 Å². The molecule has 0 bridgehead atoms. The van der Waals surface area contributed by atoms with Crippen molar-refractivity contribution in [3.63, 3.8) is 0 Å². The standard InChI is InChI=1S/C7H15N2O6P/c8-3-1-2-5(7(11)12)9-6(10)4-16(13,14)15/h5H,1-4,8H2,(H,9,10)(H,11,12)(H2,13,14,15)/t5-/m1/s1. The van der Waals surface area contributed by atoms with Crippen LogP contribution in [-0.4, -0.2) is 45.5 Å². The number of aliphatic carboxylic acids is 1. The second-order valence-corrected chi connectivity index (χ2v) is 4.86. The number of hydrogen-bond acceptors (Lipinski definition) is 4. The van der Waals surface area contributed by atoms with Crippen molar-refractivity contribution >= 4 is 19.5 Å². The zero-order valence-corrected chi connectivity index (χ0v) is 9.39. The Morgan fingerprint density at radius 2 is 1.94 bits per heavy atom. The highest BCUT2D eigenvalue weighted by atomic mass is 31.2. The van der Waals surface area contributed by atoms with E-state index in [4.69, 9.17) is 20.6 Å². The van der Waals surface area contributed by atoms with Gasteiger partial charge in [-0.1, -0.05) is 0 Å². The van der Waals surface area contributed by atoms with E-state index >= 15 is 0 Å². The molecule has 1 atom stereocenters. The lowest BCUT2D eigenvalue weighted by Gasteiger charge is -2.14. The van der Waals surface area contributed by atoms with Crippen LogP contribution in [0.15, 0.2) is 0 Å². The molecular weight excluding hydrogens is 239 g/mol. The molecule has 0 aromatic carbocycles. The van der Waals surface area contributed by atoms with Crippen LogP contribution >= 0.6 is 7.60 Å². The first-order valence-corrected chi connectivity index (χ1v) is 6.33. The van der Waals surface area contributed by atoms with Crippen LogP contribution in [0.5, 0.6) is 0 Å². The SMILES string of the molecule is NCCC[C@@H](NC(=O)CP(=O)(O)O)C(=O)O. The van der Waals surface area contributed by atoms with Crippen molar-refractivity contribution in [2.75, 3.05) is 12.7 Å². The fourth-order valence-corrected chi connectivity index (χ4v) is 1.47. The first kappa shape index (κ1) is 15.0. The number of hydrogen-bond donors (Lipinski definition) is 5. The van der Waals surface area contributed by atoms with Crippen molar-refractivity contribution < 1.29 is 29.0 Å². The fraction of sp³-hybridized carbons (Fsp3) is 0.714. The van der Waals surface area contributed by atoms with E-state index < -0.39 is 31.7 Å². The summed E-state index contributed by atoms with van der Waals surface area (Å²) in [7, 11) is -4.46. The van der Waals surface area contributed by atoms with E-state index in [2.05, 4.69) is 0 Å². The van der Waals surface area contributed by atoms with Crippen molar-refractivity contribution in [2.45, 2.75) is 18.9 Å². The molecule has 94 valence electrons. The summed E-state index contributed by atoms with van der Waals surface area (Å²) in [6.45, 7) is 0.276. The monoisotopic (exact) mass is 254 g/mol. The number of nitrogens with two attached hydrogens (primary N) is 1. The topological polar surface area (TPSA) is 150 Å². The van der Waals surface area contributed by atoms with E-state index in [-0.39, 0.29) is 13.0 Å². The molecule has 0 saturated heterocycles. The van der Waals surface area contributed by atoms with Gasteiger partial charge in [-0.3, -0.25) is 9.36 Å². The van der Waals surface area contributed by atoms with Crippen molar-refractivity contribution in [3.05, 3.63) is 0 Å². The van der Waals surface area contributed by atoms with Crippen LogP contribution in [0.25, 0.3) is 0 Å². The summed E-state index contributed by atoms with van der Waals surface area (Å²) in [6, 6.07) is -1.16. The number of carbonyl (C=O) groups excluding carboxylic acids is 1. The van der Waals surface area contributed by atoms with Gasteiger partial charge in [0.2, 0.25) is 5.91 Å². The van der Waals surface area contributed by atoms with E-state index in [1.165, 1.54) is 0 Å². The van der Waals surface area contributed by atoms with Gasteiger partial charge in [0.15, 0.2) is 0 Å². The highest BCUT2D eigenvalue weighted by Crippen LogP contribution is 2.33. The Morgan fingerprint density at radius 1 is 1.38 bits per heavy atom. The molecule has 0 aliphatic carbocycles. The van der Waals surface area contributed by atoms with Crippen LogP contribution in [0.1, 0.15) is 12.8 Å². The van der Waals surface area contributed by atoms with Gasteiger partial charge in [-0.15, -0.1) is 0 Å². The minimum atomic E-state index is -4.46. The maximum Gasteiger partial charge on any atom is 0.334 e. The number of carboxylic acid groups (broad SMARTS) is 1. The Bertz CT molecular complexity index is 301. The van der Waals surface area contributed by atoms with Gasteiger partial charge in [-0.2, -0.15) is 0 Å². The van der Waals surface area contributed by atoms with Crippen molar-refractivity contribution in [2.24, 2.45) is 5.73 Å². The second kappa shape index (κ2) is 6.59. The van der Waals surface area contributed by atoms with Gasteiger partial charge in [0, 0.05) is 0 Å². The summed E-state index contributed by atoms with van der Waals surface area (Å²) in [5, 5.41) is 10.7. The van der Waals surface area contributed by atoms with Crippen LogP contribution in [0.4, 0.5) is 0 Å². The lowest BCUT2D eigenvalue weighted by molar-refractivity contribution is -0.141. The zero-order valence-electron chi connectivity index (χ0n) is 8.50.